The molecule has 4 N–H and O–H groups in total. The highest BCUT2D eigenvalue weighted by atomic mass is 32.2. The zero-order valence-electron chi connectivity index (χ0n) is 12.7. The quantitative estimate of drug-likeness (QED) is 0.633. The highest BCUT2D eigenvalue weighted by Gasteiger charge is 2.32. The maximum Gasteiger partial charge on any atom is 0.234 e. The number of carbonyl (C=O) groups excluding carboxylic acids is 1. The zero-order valence-corrected chi connectivity index (χ0v) is 14.3. The summed E-state index contributed by atoms with van der Waals surface area (Å²) in [5.41, 5.74) is 11.8. The van der Waals surface area contributed by atoms with E-state index in [1.165, 1.54) is 23.9 Å². The molecular weight excluding hydrogens is 349 g/mol. The first-order valence-electron chi connectivity index (χ1n) is 7.23. The van der Waals surface area contributed by atoms with Crippen molar-refractivity contribution in [2.45, 2.75) is 10.5 Å². The molecule has 9 heteroatoms. The van der Waals surface area contributed by atoms with E-state index >= 15 is 0 Å². The van der Waals surface area contributed by atoms with Crippen LogP contribution in [0.25, 0.3) is 0 Å². The number of anilines is 2. The molecule has 1 fully saturated rings. The Morgan fingerprint density at radius 1 is 1.33 bits per heavy atom. The maximum atomic E-state index is 14.0. The van der Waals surface area contributed by atoms with Gasteiger partial charge in [-0.25, -0.2) is 14.4 Å². The molecule has 0 bridgehead atoms. The van der Waals surface area contributed by atoms with E-state index in [4.69, 9.17) is 11.5 Å². The summed E-state index contributed by atoms with van der Waals surface area (Å²) in [6.07, 6.45) is 0. The van der Waals surface area contributed by atoms with Crippen LogP contribution in [0.2, 0.25) is 0 Å². The Hall–Kier alpha value is -2.00. The minimum Gasteiger partial charge on any atom is -0.383 e. The summed E-state index contributed by atoms with van der Waals surface area (Å²) < 4.78 is 14.0. The molecule has 0 spiro atoms. The summed E-state index contributed by atoms with van der Waals surface area (Å²) in [4.78, 5) is 22.3. The van der Waals surface area contributed by atoms with Crippen molar-refractivity contribution in [1.29, 1.82) is 0 Å². The first kappa shape index (κ1) is 16.8. The Kier molecular flexibility index (Phi) is 5.10. The standard InChI is InChI=1S/C15H16FN5OS2/c16-10-4-2-1-3-9(10)14-21(5-6-23-14)13(22)8-24-15-19-11(17)7-12(18)20-15/h1-4,7,14H,5-6,8H2,(H4,17,18,19,20)/t14-/m0/s1. The van der Waals surface area contributed by atoms with Gasteiger partial charge in [-0.2, -0.15) is 0 Å². The first-order valence-corrected chi connectivity index (χ1v) is 9.26. The van der Waals surface area contributed by atoms with Gasteiger partial charge in [0.2, 0.25) is 5.91 Å². The lowest BCUT2D eigenvalue weighted by Crippen LogP contribution is -2.32. The smallest absolute Gasteiger partial charge is 0.234 e. The minimum absolute atomic E-state index is 0.0946. The monoisotopic (exact) mass is 365 g/mol. The molecule has 0 unspecified atom stereocenters. The molecule has 0 aliphatic carbocycles. The van der Waals surface area contributed by atoms with Crippen molar-refractivity contribution in [2.24, 2.45) is 0 Å². The summed E-state index contributed by atoms with van der Waals surface area (Å²) in [5, 5.41) is 0.0567. The maximum absolute atomic E-state index is 14.0. The van der Waals surface area contributed by atoms with E-state index in [1.54, 1.807) is 34.9 Å². The van der Waals surface area contributed by atoms with Crippen molar-refractivity contribution in [3.63, 3.8) is 0 Å². The van der Waals surface area contributed by atoms with Gasteiger partial charge in [-0.3, -0.25) is 4.79 Å². The van der Waals surface area contributed by atoms with E-state index in [9.17, 15) is 9.18 Å². The van der Waals surface area contributed by atoms with Crippen LogP contribution in [0.3, 0.4) is 0 Å². The highest BCUT2D eigenvalue weighted by molar-refractivity contribution is 8.00. The lowest BCUT2D eigenvalue weighted by atomic mass is 10.2. The fraction of sp³-hybridized carbons (Fsp3) is 0.267. The normalized spacial score (nSPS) is 17.2. The molecule has 1 aromatic carbocycles. The highest BCUT2D eigenvalue weighted by Crippen LogP contribution is 2.39. The molecule has 1 atom stereocenters. The number of halogens is 1. The Labute approximate surface area is 147 Å². The SMILES string of the molecule is Nc1cc(N)nc(SCC(=O)N2CCS[C@H]2c2ccccc2F)n1. The van der Waals surface area contributed by atoms with E-state index in [0.29, 0.717) is 17.3 Å². The molecule has 126 valence electrons. The number of amides is 1. The van der Waals surface area contributed by atoms with E-state index in [0.717, 1.165) is 5.75 Å². The second-order valence-electron chi connectivity index (χ2n) is 5.12. The van der Waals surface area contributed by atoms with Gasteiger partial charge in [0.25, 0.3) is 0 Å². The van der Waals surface area contributed by atoms with Crippen LogP contribution >= 0.6 is 23.5 Å². The number of benzene rings is 1. The van der Waals surface area contributed by atoms with E-state index < -0.39 is 0 Å². The van der Waals surface area contributed by atoms with Crippen molar-refractivity contribution in [3.8, 4) is 0 Å². The number of nitrogens with zero attached hydrogens (tertiary/aromatic N) is 3. The van der Waals surface area contributed by atoms with Crippen LogP contribution in [0, 0.1) is 5.82 Å². The molecule has 1 aliphatic rings. The van der Waals surface area contributed by atoms with E-state index in [2.05, 4.69) is 9.97 Å². The van der Waals surface area contributed by atoms with Crippen LogP contribution in [0.4, 0.5) is 16.0 Å². The molecule has 2 aromatic rings. The van der Waals surface area contributed by atoms with Gasteiger partial charge in [-0.15, -0.1) is 11.8 Å². The second kappa shape index (κ2) is 7.27. The van der Waals surface area contributed by atoms with E-state index in [1.807, 2.05) is 0 Å². The predicted molar refractivity (Wildman–Crippen MR) is 94.9 cm³/mol. The molecule has 6 nitrogen and oxygen atoms in total. The number of nitrogen functional groups attached to an aromatic ring is 2. The number of aromatic nitrogens is 2. The number of rotatable bonds is 4. The van der Waals surface area contributed by atoms with Crippen molar-refractivity contribution >= 4 is 41.1 Å². The van der Waals surface area contributed by atoms with Crippen LogP contribution in [0.5, 0.6) is 0 Å². The number of hydrogen-bond acceptors (Lipinski definition) is 7. The van der Waals surface area contributed by atoms with Gasteiger partial charge in [0.15, 0.2) is 5.16 Å². The molecule has 3 rings (SSSR count). The third-order valence-electron chi connectivity index (χ3n) is 3.45. The largest absolute Gasteiger partial charge is 0.383 e. The molecule has 1 amide bonds. The van der Waals surface area contributed by atoms with Gasteiger partial charge in [-0.1, -0.05) is 30.0 Å². The third-order valence-corrected chi connectivity index (χ3v) is 5.53. The van der Waals surface area contributed by atoms with Gasteiger partial charge >= 0.3 is 0 Å². The number of hydrogen-bond donors (Lipinski definition) is 2. The first-order chi connectivity index (χ1) is 11.5. The van der Waals surface area contributed by atoms with Crippen molar-refractivity contribution in [1.82, 2.24) is 14.9 Å². The summed E-state index contributed by atoms with van der Waals surface area (Å²) in [6.45, 7) is 0.586. The number of nitrogens with two attached hydrogens (primary N) is 2. The number of thioether (sulfide) groups is 2. The third kappa shape index (κ3) is 3.73. The van der Waals surface area contributed by atoms with Gasteiger partial charge < -0.3 is 16.4 Å². The van der Waals surface area contributed by atoms with Crippen LogP contribution < -0.4 is 11.5 Å². The number of carbonyl (C=O) groups is 1. The van der Waals surface area contributed by atoms with Gasteiger partial charge in [0, 0.05) is 23.9 Å². The Balaban J connectivity index is 1.69. The fourth-order valence-electron chi connectivity index (χ4n) is 2.39. The van der Waals surface area contributed by atoms with Crippen LogP contribution in [-0.4, -0.2) is 38.8 Å². The molecular formula is C15H16FN5OS2. The molecule has 1 saturated heterocycles. The van der Waals surface area contributed by atoms with Crippen molar-refractivity contribution in [3.05, 3.63) is 41.7 Å². The summed E-state index contributed by atoms with van der Waals surface area (Å²) in [7, 11) is 0. The molecule has 24 heavy (non-hydrogen) atoms. The molecule has 1 aromatic heterocycles. The Bertz CT molecular complexity index is 740. The molecule has 0 radical (unpaired) electrons. The Morgan fingerprint density at radius 2 is 2.04 bits per heavy atom. The molecule has 2 heterocycles. The van der Waals surface area contributed by atoms with Gasteiger partial charge in [0.1, 0.15) is 22.8 Å². The van der Waals surface area contributed by atoms with Crippen LogP contribution in [0.1, 0.15) is 10.9 Å². The van der Waals surface area contributed by atoms with Gasteiger partial charge in [0.05, 0.1) is 5.75 Å². The fourth-order valence-corrected chi connectivity index (χ4v) is 4.45. The lowest BCUT2D eigenvalue weighted by molar-refractivity contribution is -0.128. The van der Waals surface area contributed by atoms with Crippen LogP contribution in [0.15, 0.2) is 35.5 Å². The lowest BCUT2D eigenvalue weighted by Gasteiger charge is -2.24. The molecule has 1 aliphatic heterocycles. The van der Waals surface area contributed by atoms with Crippen molar-refractivity contribution in [2.75, 3.05) is 29.5 Å². The topological polar surface area (TPSA) is 98.1 Å². The molecule has 0 saturated carbocycles. The minimum atomic E-state index is -0.300. The second-order valence-corrected chi connectivity index (χ2v) is 7.25. The van der Waals surface area contributed by atoms with Crippen LogP contribution in [-0.2, 0) is 4.79 Å². The summed E-state index contributed by atoms with van der Waals surface area (Å²) in [5.74, 6) is 1.06. The summed E-state index contributed by atoms with van der Waals surface area (Å²) >= 11 is 2.73. The summed E-state index contributed by atoms with van der Waals surface area (Å²) in [6, 6.07) is 8.00. The Morgan fingerprint density at radius 3 is 2.75 bits per heavy atom. The average Bonchev–Trinajstić information content (AvgIpc) is 3.01. The predicted octanol–water partition coefficient (Wildman–Crippen LogP) is 2.15. The van der Waals surface area contributed by atoms with Crippen molar-refractivity contribution < 1.29 is 9.18 Å². The zero-order chi connectivity index (χ0) is 17.1. The average molecular weight is 365 g/mol. The van der Waals surface area contributed by atoms with Gasteiger partial charge in [-0.05, 0) is 6.07 Å². The van der Waals surface area contributed by atoms with E-state index in [-0.39, 0.29) is 34.5 Å².